The Bertz CT molecular complexity index is 728. The minimum atomic E-state index is -1.02. The van der Waals surface area contributed by atoms with Gasteiger partial charge in [-0.25, -0.2) is 4.79 Å². The molecule has 2 rings (SSSR count). The van der Waals surface area contributed by atoms with E-state index in [1.54, 1.807) is 30.3 Å². The minimum Gasteiger partial charge on any atom is -0.482 e. The quantitative estimate of drug-likeness (QED) is 0.467. The van der Waals surface area contributed by atoms with Gasteiger partial charge in [-0.15, -0.1) is 0 Å². The van der Waals surface area contributed by atoms with Crippen LogP contribution in [0, 0.1) is 14.9 Å². The van der Waals surface area contributed by atoms with Gasteiger partial charge in [0.2, 0.25) is 0 Å². The number of allylic oxidation sites excluding steroid dienone is 1. The fraction of sp³-hybridized carbons (Fsp3) is 0.0588. The number of aliphatic carboxylic acids is 1. The molecule has 0 atom stereocenters. The van der Waals surface area contributed by atoms with E-state index < -0.39 is 5.97 Å². The first-order chi connectivity index (χ1) is 10.6. The molecule has 0 amide bonds. The summed E-state index contributed by atoms with van der Waals surface area (Å²) < 4.78 is 6.18. The maximum Gasteiger partial charge on any atom is 0.341 e. The van der Waals surface area contributed by atoms with Crippen LogP contribution in [0.5, 0.6) is 5.75 Å². The van der Waals surface area contributed by atoms with E-state index in [0.29, 0.717) is 11.3 Å². The van der Waals surface area contributed by atoms with Gasteiger partial charge in [0.25, 0.3) is 0 Å². The maximum atomic E-state index is 10.4. The highest BCUT2D eigenvalue weighted by atomic mass is 127. The first kappa shape index (κ1) is 16.0. The van der Waals surface area contributed by atoms with Gasteiger partial charge in [0.1, 0.15) is 5.75 Å². The highest BCUT2D eigenvalue weighted by Gasteiger charge is 2.02. The average molecular weight is 405 g/mol. The van der Waals surface area contributed by atoms with Crippen LogP contribution in [0.15, 0.2) is 48.5 Å². The van der Waals surface area contributed by atoms with Crippen LogP contribution in [0.2, 0.25) is 0 Å². The summed E-state index contributed by atoms with van der Waals surface area (Å²) in [7, 11) is 0. The Morgan fingerprint density at radius 3 is 2.36 bits per heavy atom. The highest BCUT2D eigenvalue weighted by Crippen LogP contribution is 2.20. The van der Waals surface area contributed by atoms with E-state index in [-0.39, 0.29) is 6.61 Å². The number of hydrogen-bond donors (Lipinski definition) is 1. The van der Waals surface area contributed by atoms with Crippen molar-refractivity contribution in [2.75, 3.05) is 6.61 Å². The Kier molecular flexibility index (Phi) is 5.55. The molecule has 2 aromatic carbocycles. The molecule has 0 radical (unpaired) electrons. The van der Waals surface area contributed by atoms with Gasteiger partial charge < -0.3 is 9.84 Å². The normalized spacial score (nSPS) is 10.8. The lowest BCUT2D eigenvalue weighted by Crippen LogP contribution is -2.09. The first-order valence-corrected chi connectivity index (χ1v) is 7.49. The Morgan fingerprint density at radius 2 is 1.82 bits per heavy atom. The molecule has 4 nitrogen and oxygen atoms in total. The van der Waals surface area contributed by atoms with Gasteiger partial charge in [-0.3, -0.25) is 0 Å². The summed E-state index contributed by atoms with van der Waals surface area (Å²) in [5.74, 6) is -0.540. The topological polar surface area (TPSA) is 70.3 Å². The summed E-state index contributed by atoms with van der Waals surface area (Å²) in [5.41, 5.74) is 2.27. The zero-order chi connectivity index (χ0) is 15.9. The number of nitriles is 1. The van der Waals surface area contributed by atoms with Crippen LogP contribution in [0.1, 0.15) is 11.1 Å². The molecule has 0 saturated heterocycles. The van der Waals surface area contributed by atoms with Crippen LogP contribution in [-0.4, -0.2) is 17.7 Å². The molecule has 0 aliphatic rings. The molecule has 0 heterocycles. The number of ether oxygens (including phenoxy) is 1. The Labute approximate surface area is 141 Å². The minimum absolute atomic E-state index is 0.374. The molecular weight excluding hydrogens is 393 g/mol. The van der Waals surface area contributed by atoms with E-state index in [9.17, 15) is 10.1 Å². The Balaban J connectivity index is 2.18. The molecule has 0 fully saturated rings. The summed E-state index contributed by atoms with van der Waals surface area (Å²) in [6.07, 6.45) is 1.78. The van der Waals surface area contributed by atoms with Crippen LogP contribution < -0.4 is 4.74 Å². The van der Waals surface area contributed by atoms with Gasteiger partial charge >= 0.3 is 5.97 Å². The van der Waals surface area contributed by atoms with Crippen molar-refractivity contribution in [3.05, 3.63) is 63.2 Å². The van der Waals surface area contributed by atoms with Crippen LogP contribution in [0.3, 0.4) is 0 Å². The third-order valence-corrected chi connectivity index (χ3v) is 3.55. The van der Waals surface area contributed by atoms with Crippen molar-refractivity contribution in [2.45, 2.75) is 0 Å². The fourth-order valence-corrected chi connectivity index (χ4v) is 2.14. The number of carboxylic acid groups (broad SMARTS) is 1. The summed E-state index contributed by atoms with van der Waals surface area (Å²) >= 11 is 2.21. The fourth-order valence-electron chi connectivity index (χ4n) is 1.78. The maximum absolute atomic E-state index is 10.4. The number of rotatable bonds is 5. The number of nitrogens with zero attached hydrogens (tertiary/aromatic N) is 1. The molecule has 5 heteroatoms. The highest BCUT2D eigenvalue weighted by molar-refractivity contribution is 14.1. The number of carbonyl (C=O) groups is 1. The third-order valence-electron chi connectivity index (χ3n) is 2.83. The zero-order valence-electron chi connectivity index (χ0n) is 11.5. The van der Waals surface area contributed by atoms with Gasteiger partial charge in [-0.2, -0.15) is 5.26 Å². The van der Waals surface area contributed by atoms with Crippen molar-refractivity contribution >= 4 is 40.2 Å². The molecule has 110 valence electrons. The standard InChI is InChI=1S/C17H12INO3/c18-15-5-3-13(4-6-15)14(10-19)9-12-1-7-16(8-2-12)22-11-17(20)21/h1-9H,11H2,(H,20,21)/b14-9-. The van der Waals surface area contributed by atoms with E-state index in [1.165, 1.54) is 0 Å². The molecule has 0 unspecified atom stereocenters. The number of benzene rings is 2. The van der Waals surface area contributed by atoms with Crippen LogP contribution in [0.4, 0.5) is 0 Å². The average Bonchev–Trinajstić information content (AvgIpc) is 2.52. The summed E-state index contributed by atoms with van der Waals surface area (Å²) in [5, 5.41) is 17.9. The number of halogens is 1. The third kappa shape index (κ3) is 4.60. The van der Waals surface area contributed by atoms with Crippen LogP contribution in [-0.2, 0) is 4.79 Å². The van der Waals surface area contributed by atoms with Crippen molar-refractivity contribution in [3.8, 4) is 11.8 Å². The molecule has 1 N–H and O–H groups in total. The van der Waals surface area contributed by atoms with E-state index in [4.69, 9.17) is 9.84 Å². The van der Waals surface area contributed by atoms with Crippen molar-refractivity contribution in [2.24, 2.45) is 0 Å². The summed E-state index contributed by atoms with van der Waals surface area (Å²) in [4.78, 5) is 10.4. The molecular formula is C17H12INO3. The second-order valence-corrected chi connectivity index (χ2v) is 5.67. The van der Waals surface area contributed by atoms with Crippen molar-refractivity contribution in [1.82, 2.24) is 0 Å². The Hall–Kier alpha value is -2.33. The van der Waals surface area contributed by atoms with Crippen LogP contribution in [0.25, 0.3) is 11.6 Å². The largest absolute Gasteiger partial charge is 0.482 e. The second-order valence-electron chi connectivity index (χ2n) is 4.43. The summed E-state index contributed by atoms with van der Waals surface area (Å²) in [6, 6.07) is 16.8. The lowest BCUT2D eigenvalue weighted by Gasteiger charge is -2.04. The van der Waals surface area contributed by atoms with Gasteiger partial charge in [0.05, 0.1) is 11.6 Å². The lowest BCUT2D eigenvalue weighted by atomic mass is 10.0. The van der Waals surface area contributed by atoms with Gasteiger partial charge in [0.15, 0.2) is 6.61 Å². The van der Waals surface area contributed by atoms with Crippen molar-refractivity contribution < 1.29 is 14.6 Å². The van der Waals surface area contributed by atoms with Crippen LogP contribution >= 0.6 is 22.6 Å². The van der Waals surface area contributed by atoms with Crippen molar-refractivity contribution in [3.63, 3.8) is 0 Å². The smallest absolute Gasteiger partial charge is 0.341 e. The van der Waals surface area contributed by atoms with Crippen molar-refractivity contribution in [1.29, 1.82) is 5.26 Å². The van der Waals surface area contributed by atoms with Gasteiger partial charge in [-0.05, 0) is 64.1 Å². The predicted octanol–water partition coefficient (Wildman–Crippen LogP) is 3.82. The summed E-state index contributed by atoms with van der Waals surface area (Å²) in [6.45, 7) is -0.374. The van der Waals surface area contributed by atoms with Gasteiger partial charge in [0, 0.05) is 3.57 Å². The second kappa shape index (κ2) is 7.61. The molecule has 2 aromatic rings. The predicted molar refractivity (Wildman–Crippen MR) is 92.2 cm³/mol. The molecule has 22 heavy (non-hydrogen) atoms. The lowest BCUT2D eigenvalue weighted by molar-refractivity contribution is -0.139. The molecule has 0 saturated carbocycles. The SMILES string of the molecule is N#C/C(=C/c1ccc(OCC(=O)O)cc1)c1ccc(I)cc1. The molecule has 0 spiro atoms. The van der Waals surface area contributed by atoms with Gasteiger partial charge in [-0.1, -0.05) is 24.3 Å². The molecule has 0 bridgehead atoms. The first-order valence-electron chi connectivity index (χ1n) is 6.41. The molecule has 0 aliphatic carbocycles. The number of carboxylic acids is 1. The van der Waals surface area contributed by atoms with E-state index in [0.717, 1.165) is 14.7 Å². The zero-order valence-corrected chi connectivity index (χ0v) is 13.6. The van der Waals surface area contributed by atoms with E-state index in [2.05, 4.69) is 28.7 Å². The van der Waals surface area contributed by atoms with E-state index in [1.807, 2.05) is 24.3 Å². The monoisotopic (exact) mass is 405 g/mol. The molecule has 0 aromatic heterocycles. The molecule has 0 aliphatic heterocycles. The Morgan fingerprint density at radius 1 is 1.18 bits per heavy atom. The van der Waals surface area contributed by atoms with E-state index >= 15 is 0 Å². The number of hydrogen-bond acceptors (Lipinski definition) is 3.